The normalized spacial score (nSPS) is 11.9. The van der Waals surface area contributed by atoms with E-state index in [0.29, 0.717) is 0 Å². The quantitative estimate of drug-likeness (QED) is 0.705. The van der Waals surface area contributed by atoms with Crippen molar-refractivity contribution in [2.75, 3.05) is 0 Å². The Balaban J connectivity index is 2.58. The fourth-order valence-electron chi connectivity index (χ4n) is 1.66. The number of carbonyl (C=O) groups is 1. The Kier molecular flexibility index (Phi) is 2.14. The molecule has 2 nitrogen and oxygen atoms in total. The highest BCUT2D eigenvalue weighted by Crippen LogP contribution is 2.26. The molecule has 0 unspecified atom stereocenters. The number of Topliss-reactive ketones (excluding diaryl/α,β-unsaturated/α-hetero) is 1. The molecule has 0 amide bonds. The zero-order chi connectivity index (χ0) is 11.1. The summed E-state index contributed by atoms with van der Waals surface area (Å²) < 4.78 is 0. The topological polar surface area (TPSA) is 32.9 Å². The summed E-state index contributed by atoms with van der Waals surface area (Å²) in [5.74, 6) is 0.181. The molecule has 0 aliphatic rings. The van der Waals surface area contributed by atoms with Crippen LogP contribution in [0, 0.1) is 5.41 Å². The number of nitrogens with one attached hydrogen (secondary N) is 1. The van der Waals surface area contributed by atoms with Crippen molar-refractivity contribution in [3.05, 3.63) is 36.0 Å². The Bertz CT molecular complexity index is 502. The SMILES string of the molecule is CC(C)(C)C(=O)c1c[nH]c2ccccc12. The lowest BCUT2D eigenvalue weighted by atomic mass is 9.86. The van der Waals surface area contributed by atoms with Crippen molar-refractivity contribution < 1.29 is 4.79 Å². The maximum absolute atomic E-state index is 12.1. The summed E-state index contributed by atoms with van der Waals surface area (Å²) in [6.07, 6.45) is 1.80. The molecule has 15 heavy (non-hydrogen) atoms. The fraction of sp³-hybridized carbons (Fsp3) is 0.308. The average molecular weight is 201 g/mol. The van der Waals surface area contributed by atoms with Crippen LogP contribution in [0.5, 0.6) is 0 Å². The van der Waals surface area contributed by atoms with Crippen LogP contribution in [0.4, 0.5) is 0 Å². The van der Waals surface area contributed by atoms with Crippen molar-refractivity contribution in [1.82, 2.24) is 4.98 Å². The Morgan fingerprint density at radius 3 is 2.53 bits per heavy atom. The summed E-state index contributed by atoms with van der Waals surface area (Å²) >= 11 is 0. The van der Waals surface area contributed by atoms with Gasteiger partial charge >= 0.3 is 0 Å². The van der Waals surface area contributed by atoms with Gasteiger partial charge in [0.2, 0.25) is 0 Å². The van der Waals surface area contributed by atoms with Crippen LogP contribution < -0.4 is 0 Å². The average Bonchev–Trinajstić information content (AvgIpc) is 2.58. The van der Waals surface area contributed by atoms with E-state index in [9.17, 15) is 4.79 Å². The van der Waals surface area contributed by atoms with Gasteiger partial charge in [-0.1, -0.05) is 39.0 Å². The van der Waals surface area contributed by atoms with Gasteiger partial charge in [-0.25, -0.2) is 0 Å². The number of fused-ring (bicyclic) bond motifs is 1. The number of aromatic nitrogens is 1. The molecule has 0 aliphatic heterocycles. The molecule has 0 saturated heterocycles. The highest BCUT2D eigenvalue weighted by molar-refractivity contribution is 6.10. The second-order valence-electron chi connectivity index (χ2n) is 4.83. The predicted octanol–water partition coefficient (Wildman–Crippen LogP) is 3.40. The number of para-hydroxylation sites is 1. The second kappa shape index (κ2) is 3.23. The van der Waals surface area contributed by atoms with E-state index in [1.807, 2.05) is 45.0 Å². The number of aromatic amines is 1. The molecule has 0 atom stereocenters. The summed E-state index contributed by atoms with van der Waals surface area (Å²) in [5, 5.41) is 1.01. The Hall–Kier alpha value is -1.57. The molecule has 0 fully saturated rings. The van der Waals surface area contributed by atoms with Crippen LogP contribution >= 0.6 is 0 Å². The van der Waals surface area contributed by atoms with Gasteiger partial charge in [-0.2, -0.15) is 0 Å². The van der Waals surface area contributed by atoms with E-state index in [0.717, 1.165) is 16.5 Å². The molecule has 2 heteroatoms. The fourth-order valence-corrected chi connectivity index (χ4v) is 1.66. The number of hydrogen-bond acceptors (Lipinski definition) is 1. The van der Waals surface area contributed by atoms with Crippen LogP contribution in [0.25, 0.3) is 10.9 Å². The van der Waals surface area contributed by atoms with Gasteiger partial charge in [-0.3, -0.25) is 4.79 Å². The molecule has 0 bridgehead atoms. The van der Waals surface area contributed by atoms with E-state index in [2.05, 4.69) is 4.98 Å². The molecular weight excluding hydrogens is 186 g/mol. The molecule has 1 aromatic heterocycles. The number of H-pyrrole nitrogens is 1. The molecule has 0 aliphatic carbocycles. The highest BCUT2D eigenvalue weighted by atomic mass is 16.1. The molecule has 1 heterocycles. The molecule has 0 saturated carbocycles. The van der Waals surface area contributed by atoms with Gasteiger partial charge in [0.25, 0.3) is 0 Å². The van der Waals surface area contributed by atoms with Crippen molar-refractivity contribution >= 4 is 16.7 Å². The zero-order valence-electron chi connectivity index (χ0n) is 9.29. The van der Waals surface area contributed by atoms with E-state index >= 15 is 0 Å². The van der Waals surface area contributed by atoms with E-state index in [1.54, 1.807) is 6.20 Å². The molecule has 0 spiro atoms. The van der Waals surface area contributed by atoms with Gasteiger partial charge < -0.3 is 4.98 Å². The number of ketones is 1. The summed E-state index contributed by atoms with van der Waals surface area (Å²) in [6.45, 7) is 5.82. The summed E-state index contributed by atoms with van der Waals surface area (Å²) in [5.41, 5.74) is 1.48. The standard InChI is InChI=1S/C13H15NO/c1-13(2,3)12(15)10-8-14-11-7-5-4-6-9(10)11/h4-8,14H,1-3H3. The maximum Gasteiger partial charge on any atom is 0.170 e. The van der Waals surface area contributed by atoms with Crippen LogP contribution in [0.3, 0.4) is 0 Å². The van der Waals surface area contributed by atoms with Crippen LogP contribution in [-0.4, -0.2) is 10.8 Å². The van der Waals surface area contributed by atoms with Crippen LogP contribution in [0.2, 0.25) is 0 Å². The minimum Gasteiger partial charge on any atom is -0.360 e. The van der Waals surface area contributed by atoms with Gasteiger partial charge in [0.15, 0.2) is 5.78 Å². The third-order valence-electron chi connectivity index (χ3n) is 2.52. The Morgan fingerprint density at radius 2 is 1.87 bits per heavy atom. The Morgan fingerprint density at radius 1 is 1.20 bits per heavy atom. The van der Waals surface area contributed by atoms with E-state index in [-0.39, 0.29) is 11.2 Å². The van der Waals surface area contributed by atoms with Gasteiger partial charge in [-0.05, 0) is 6.07 Å². The van der Waals surface area contributed by atoms with Gasteiger partial charge in [0.1, 0.15) is 0 Å². The molecule has 1 aromatic carbocycles. The van der Waals surface area contributed by atoms with Crippen molar-refractivity contribution in [3.8, 4) is 0 Å². The predicted molar refractivity (Wildman–Crippen MR) is 62.1 cm³/mol. The van der Waals surface area contributed by atoms with Crippen molar-refractivity contribution in [2.45, 2.75) is 20.8 Å². The minimum atomic E-state index is -0.328. The first-order valence-corrected chi connectivity index (χ1v) is 5.11. The molecule has 78 valence electrons. The minimum absolute atomic E-state index is 0.181. The first-order chi connectivity index (χ1) is 7.00. The number of carbonyl (C=O) groups excluding carboxylic acids is 1. The number of benzene rings is 1. The smallest absolute Gasteiger partial charge is 0.170 e. The summed E-state index contributed by atoms with van der Waals surface area (Å²) in [6, 6.07) is 7.87. The molecule has 2 aromatic rings. The highest BCUT2D eigenvalue weighted by Gasteiger charge is 2.24. The third-order valence-corrected chi connectivity index (χ3v) is 2.52. The number of hydrogen-bond donors (Lipinski definition) is 1. The zero-order valence-corrected chi connectivity index (χ0v) is 9.29. The van der Waals surface area contributed by atoms with E-state index < -0.39 is 0 Å². The van der Waals surface area contributed by atoms with Gasteiger partial charge in [0, 0.05) is 28.1 Å². The van der Waals surface area contributed by atoms with Crippen LogP contribution in [-0.2, 0) is 0 Å². The molecule has 2 rings (SSSR count). The van der Waals surface area contributed by atoms with Gasteiger partial charge in [-0.15, -0.1) is 0 Å². The summed E-state index contributed by atoms with van der Waals surface area (Å²) in [7, 11) is 0. The Labute approximate surface area is 89.3 Å². The lowest BCUT2D eigenvalue weighted by Gasteiger charge is -2.15. The maximum atomic E-state index is 12.1. The molecule has 0 radical (unpaired) electrons. The second-order valence-corrected chi connectivity index (χ2v) is 4.83. The number of rotatable bonds is 1. The van der Waals surface area contributed by atoms with E-state index in [1.165, 1.54) is 0 Å². The monoisotopic (exact) mass is 201 g/mol. The first kappa shape index (κ1) is 9.97. The lowest BCUT2D eigenvalue weighted by Crippen LogP contribution is -2.19. The lowest BCUT2D eigenvalue weighted by molar-refractivity contribution is 0.0860. The largest absolute Gasteiger partial charge is 0.360 e. The first-order valence-electron chi connectivity index (χ1n) is 5.11. The van der Waals surface area contributed by atoms with Crippen LogP contribution in [0.15, 0.2) is 30.5 Å². The molecule has 1 N–H and O–H groups in total. The summed E-state index contributed by atoms with van der Waals surface area (Å²) in [4.78, 5) is 15.2. The van der Waals surface area contributed by atoms with Crippen LogP contribution in [0.1, 0.15) is 31.1 Å². The third kappa shape index (κ3) is 1.67. The van der Waals surface area contributed by atoms with E-state index in [4.69, 9.17) is 0 Å². The van der Waals surface area contributed by atoms with Crippen molar-refractivity contribution in [2.24, 2.45) is 5.41 Å². The molecular formula is C13H15NO. The van der Waals surface area contributed by atoms with Crippen molar-refractivity contribution in [3.63, 3.8) is 0 Å². The van der Waals surface area contributed by atoms with Gasteiger partial charge in [0.05, 0.1) is 0 Å². The van der Waals surface area contributed by atoms with Crippen molar-refractivity contribution in [1.29, 1.82) is 0 Å².